The van der Waals surface area contributed by atoms with Crippen molar-refractivity contribution in [1.82, 2.24) is 0 Å². The maximum Gasteiger partial charge on any atom is 0.313 e. The van der Waals surface area contributed by atoms with Crippen molar-refractivity contribution >= 4 is 11.9 Å². The van der Waals surface area contributed by atoms with Crippen LogP contribution >= 0.6 is 0 Å². The van der Waals surface area contributed by atoms with Crippen LogP contribution in [-0.2, 0) is 19.1 Å². The molecule has 3 N–H and O–H groups in total. The van der Waals surface area contributed by atoms with Crippen LogP contribution in [0.1, 0.15) is 59.8 Å². The van der Waals surface area contributed by atoms with Crippen LogP contribution in [0.3, 0.4) is 0 Å². The molecule has 2 aliphatic rings. The van der Waals surface area contributed by atoms with Gasteiger partial charge in [-0.2, -0.15) is 0 Å². The number of hydrogen-bond acceptors (Lipinski definition) is 7. The maximum atomic E-state index is 12.8. The van der Waals surface area contributed by atoms with Gasteiger partial charge in [0.25, 0.3) is 0 Å². The molecule has 2 bridgehead atoms. The number of carbonyl (C=O) groups is 2. The second-order valence-corrected chi connectivity index (χ2v) is 9.47. The number of hydrogen-bond donors (Lipinski definition) is 3. The van der Waals surface area contributed by atoms with Crippen molar-refractivity contribution in [2.45, 2.75) is 77.6 Å². The zero-order valence-electron chi connectivity index (χ0n) is 18.7. The normalized spacial score (nSPS) is 30.7. The minimum atomic E-state index is -1.29. The number of ether oxygens (including phenoxy) is 2. The van der Waals surface area contributed by atoms with Crippen molar-refractivity contribution in [1.29, 1.82) is 0 Å². The molecule has 2 rings (SSSR count). The van der Waals surface area contributed by atoms with E-state index >= 15 is 0 Å². The van der Waals surface area contributed by atoms with Crippen LogP contribution < -0.4 is 0 Å². The first kappa shape index (κ1) is 24.6. The molecular formula is C23H36O7. The van der Waals surface area contributed by atoms with Crippen molar-refractivity contribution in [2.24, 2.45) is 17.3 Å². The van der Waals surface area contributed by atoms with E-state index in [-0.39, 0.29) is 30.3 Å². The molecule has 0 aromatic heterocycles. The smallest absolute Gasteiger partial charge is 0.313 e. The first-order valence-electron chi connectivity index (χ1n) is 10.6. The number of rotatable bonds is 7. The standard InChI is InChI=1S/C23H36O7/c1-14(24)30-13-16(7-8-18(25)22(2,3)28)17-10-11-23(4)12-15(6-9-19(23)26)20(17)21(27)29-5/h6-7,17-20,25-26,28H,8-13H2,1-5H3/b16-7-/t17-,18?,19-,20+,23+/m1/s1. The summed E-state index contributed by atoms with van der Waals surface area (Å²) in [6, 6.07) is 0. The summed E-state index contributed by atoms with van der Waals surface area (Å²) in [7, 11) is 1.36. The average molecular weight is 425 g/mol. The summed E-state index contributed by atoms with van der Waals surface area (Å²) in [5, 5.41) is 30.9. The molecule has 0 saturated heterocycles. The van der Waals surface area contributed by atoms with Crippen molar-refractivity contribution in [3.05, 3.63) is 23.3 Å². The van der Waals surface area contributed by atoms with Gasteiger partial charge in [0.1, 0.15) is 6.61 Å². The lowest BCUT2D eigenvalue weighted by atomic mass is 9.71. The number of fused-ring (bicyclic) bond motifs is 2. The lowest BCUT2D eigenvalue weighted by Crippen LogP contribution is -2.36. The Balaban J connectivity index is 2.44. The first-order chi connectivity index (χ1) is 13.9. The molecular weight excluding hydrogens is 388 g/mol. The summed E-state index contributed by atoms with van der Waals surface area (Å²) in [6.07, 6.45) is 4.78. The highest BCUT2D eigenvalue weighted by Crippen LogP contribution is 2.50. The van der Waals surface area contributed by atoms with E-state index in [1.165, 1.54) is 27.9 Å². The third-order valence-corrected chi connectivity index (χ3v) is 6.64. The minimum absolute atomic E-state index is 0.00137. The SMILES string of the molecule is COC(=O)[C@H]1C2=CC[C@@H](O)[C@@](C)(CC[C@@H]1/C(=C\CC(O)C(C)(C)O)COC(C)=O)C2. The highest BCUT2D eigenvalue weighted by Gasteiger charge is 2.46. The van der Waals surface area contributed by atoms with Gasteiger partial charge in [-0.05, 0) is 56.9 Å². The van der Waals surface area contributed by atoms with Gasteiger partial charge in [0.2, 0.25) is 0 Å². The van der Waals surface area contributed by atoms with Crippen molar-refractivity contribution in [3.8, 4) is 0 Å². The Morgan fingerprint density at radius 1 is 1.40 bits per heavy atom. The predicted octanol–water partition coefficient (Wildman–Crippen LogP) is 2.28. The van der Waals surface area contributed by atoms with E-state index in [0.29, 0.717) is 25.7 Å². The van der Waals surface area contributed by atoms with Crippen molar-refractivity contribution < 1.29 is 34.4 Å². The van der Waals surface area contributed by atoms with Gasteiger partial charge in [-0.15, -0.1) is 0 Å². The molecule has 170 valence electrons. The quantitative estimate of drug-likeness (QED) is 0.424. The van der Waals surface area contributed by atoms with E-state index in [1.54, 1.807) is 6.08 Å². The largest absolute Gasteiger partial charge is 0.469 e. The third kappa shape index (κ3) is 5.71. The van der Waals surface area contributed by atoms with Crippen molar-refractivity contribution in [3.63, 3.8) is 0 Å². The van der Waals surface area contributed by atoms with Crippen LogP contribution in [0, 0.1) is 17.3 Å². The predicted molar refractivity (Wildman–Crippen MR) is 111 cm³/mol. The Bertz CT molecular complexity index is 703. The van der Waals surface area contributed by atoms with Gasteiger partial charge in [0.05, 0.1) is 30.8 Å². The molecule has 7 nitrogen and oxygen atoms in total. The summed E-state index contributed by atoms with van der Waals surface area (Å²) in [5.74, 6) is -1.62. The second kappa shape index (κ2) is 9.62. The average Bonchev–Trinajstić information content (AvgIpc) is 2.78. The first-order valence-corrected chi connectivity index (χ1v) is 10.6. The molecule has 0 spiro atoms. The van der Waals surface area contributed by atoms with Crippen molar-refractivity contribution in [2.75, 3.05) is 13.7 Å². The third-order valence-electron chi connectivity index (χ3n) is 6.64. The molecule has 30 heavy (non-hydrogen) atoms. The van der Waals surface area contributed by atoms with Gasteiger partial charge in [-0.3, -0.25) is 9.59 Å². The molecule has 7 heteroatoms. The van der Waals surface area contributed by atoms with E-state index in [0.717, 1.165) is 11.1 Å². The number of aliphatic hydroxyl groups excluding tert-OH is 2. The molecule has 1 fully saturated rings. The van der Waals surface area contributed by atoms with E-state index in [2.05, 4.69) is 0 Å². The zero-order chi connectivity index (χ0) is 22.7. The highest BCUT2D eigenvalue weighted by atomic mass is 16.5. The van der Waals surface area contributed by atoms with Crippen LogP contribution in [0.4, 0.5) is 0 Å². The molecule has 1 unspecified atom stereocenters. The number of methoxy groups -OCH3 is 1. The van der Waals surface area contributed by atoms with Gasteiger partial charge < -0.3 is 24.8 Å². The Hall–Kier alpha value is -1.70. The van der Waals surface area contributed by atoms with E-state index in [4.69, 9.17) is 9.47 Å². The molecule has 0 aromatic rings. The molecule has 5 atom stereocenters. The Morgan fingerprint density at radius 2 is 2.07 bits per heavy atom. The Kier molecular flexibility index (Phi) is 7.88. The molecule has 0 amide bonds. The number of aliphatic hydroxyl groups is 3. The summed E-state index contributed by atoms with van der Waals surface area (Å²) in [4.78, 5) is 24.3. The lowest BCUT2D eigenvalue weighted by molar-refractivity contribution is -0.145. The van der Waals surface area contributed by atoms with Gasteiger partial charge in [-0.25, -0.2) is 0 Å². The fraction of sp³-hybridized carbons (Fsp3) is 0.739. The lowest BCUT2D eigenvalue weighted by Gasteiger charge is -2.37. The molecule has 0 heterocycles. The molecule has 2 aliphatic carbocycles. The molecule has 0 radical (unpaired) electrons. The van der Waals surface area contributed by atoms with Crippen LogP contribution in [0.2, 0.25) is 0 Å². The van der Waals surface area contributed by atoms with E-state index < -0.39 is 29.7 Å². The van der Waals surface area contributed by atoms with Crippen LogP contribution in [0.25, 0.3) is 0 Å². The van der Waals surface area contributed by atoms with Gasteiger partial charge in [-0.1, -0.05) is 24.6 Å². The summed E-state index contributed by atoms with van der Waals surface area (Å²) >= 11 is 0. The van der Waals surface area contributed by atoms with Crippen LogP contribution in [-0.4, -0.2) is 58.8 Å². The van der Waals surface area contributed by atoms with Gasteiger partial charge in [0, 0.05) is 12.8 Å². The topological polar surface area (TPSA) is 113 Å². The van der Waals surface area contributed by atoms with Crippen LogP contribution in [0.5, 0.6) is 0 Å². The summed E-state index contributed by atoms with van der Waals surface area (Å²) in [6.45, 7) is 6.40. The monoisotopic (exact) mass is 424 g/mol. The number of carbonyl (C=O) groups excluding carboxylic acids is 2. The maximum absolute atomic E-state index is 12.8. The van der Waals surface area contributed by atoms with E-state index in [1.807, 2.05) is 13.0 Å². The van der Waals surface area contributed by atoms with Gasteiger partial charge in [0.15, 0.2) is 0 Å². The Labute approximate surface area is 178 Å². The molecule has 0 aliphatic heterocycles. The fourth-order valence-corrected chi connectivity index (χ4v) is 4.50. The fourth-order valence-electron chi connectivity index (χ4n) is 4.50. The molecule has 0 aromatic carbocycles. The number of esters is 2. The minimum Gasteiger partial charge on any atom is -0.469 e. The van der Waals surface area contributed by atoms with E-state index in [9.17, 15) is 24.9 Å². The highest BCUT2D eigenvalue weighted by molar-refractivity contribution is 5.77. The molecule has 1 saturated carbocycles. The van der Waals surface area contributed by atoms with Crippen LogP contribution in [0.15, 0.2) is 23.3 Å². The second-order valence-electron chi connectivity index (χ2n) is 9.47. The summed E-state index contributed by atoms with van der Waals surface area (Å²) < 4.78 is 10.4. The zero-order valence-corrected chi connectivity index (χ0v) is 18.7. The summed E-state index contributed by atoms with van der Waals surface area (Å²) in [5.41, 5.74) is 0.0409. The Morgan fingerprint density at radius 3 is 2.63 bits per heavy atom. The van der Waals surface area contributed by atoms with Gasteiger partial charge >= 0.3 is 11.9 Å².